The minimum Gasteiger partial charge on any atom is -0.480 e. The van der Waals surface area contributed by atoms with Crippen molar-refractivity contribution in [1.29, 1.82) is 0 Å². The molecule has 4 heteroatoms. The Bertz CT molecular complexity index is 122. The summed E-state index contributed by atoms with van der Waals surface area (Å²) in [6.07, 6.45) is 0. The summed E-state index contributed by atoms with van der Waals surface area (Å²) >= 11 is 3.02. The van der Waals surface area contributed by atoms with Gasteiger partial charge >= 0.3 is 5.97 Å². The molecular weight excluding hydrogens is 200 g/mol. The van der Waals surface area contributed by atoms with Crippen molar-refractivity contribution in [2.75, 3.05) is 13.2 Å². The number of carboxylic acid groups (broad SMARTS) is 1. The summed E-state index contributed by atoms with van der Waals surface area (Å²) in [7, 11) is 0. The molecule has 0 aromatic rings. The molecule has 0 aliphatic carbocycles. The number of ether oxygens (including phenoxy) is 1. The first-order valence-corrected chi connectivity index (χ1v) is 3.80. The summed E-state index contributed by atoms with van der Waals surface area (Å²) in [6, 6.07) is 0. The van der Waals surface area contributed by atoms with Crippen LogP contribution >= 0.6 is 15.9 Å². The fourth-order valence-corrected chi connectivity index (χ4v) is 0.517. The number of rotatable bonds is 4. The smallest absolute Gasteiger partial charge is 0.322 e. The third-order valence-corrected chi connectivity index (χ3v) is 1.59. The lowest BCUT2D eigenvalue weighted by atomic mass is 10.2. The van der Waals surface area contributed by atoms with Crippen LogP contribution in [0.3, 0.4) is 0 Å². The number of aliphatic carboxylic acids is 1. The molecule has 1 N–H and O–H groups in total. The van der Waals surface area contributed by atoms with Crippen LogP contribution in [0.25, 0.3) is 0 Å². The van der Waals surface area contributed by atoms with E-state index in [9.17, 15) is 4.79 Å². The van der Waals surface area contributed by atoms with E-state index in [1.807, 2.05) is 6.92 Å². The van der Waals surface area contributed by atoms with Crippen molar-refractivity contribution in [2.24, 2.45) is 0 Å². The zero-order valence-corrected chi connectivity index (χ0v) is 7.64. The second-order valence-electron chi connectivity index (χ2n) is 2.14. The van der Waals surface area contributed by atoms with Gasteiger partial charge in [0.25, 0.3) is 0 Å². The van der Waals surface area contributed by atoms with E-state index in [1.165, 1.54) is 0 Å². The lowest BCUT2D eigenvalue weighted by Gasteiger charge is -2.15. The van der Waals surface area contributed by atoms with Crippen LogP contribution in [0.4, 0.5) is 0 Å². The lowest BCUT2D eigenvalue weighted by Crippen LogP contribution is -2.33. The molecule has 0 spiro atoms. The molecule has 0 saturated heterocycles. The normalized spacial score (nSPS) is 16.3. The third kappa shape index (κ3) is 3.17. The maximum absolute atomic E-state index is 10.4. The molecular formula is C6H11BrO3. The monoisotopic (exact) mass is 210 g/mol. The first kappa shape index (κ1) is 9.91. The van der Waals surface area contributed by atoms with Gasteiger partial charge in [-0.25, -0.2) is 0 Å². The Morgan fingerprint density at radius 1 is 1.80 bits per heavy atom. The molecule has 0 bridgehead atoms. The van der Waals surface area contributed by atoms with Gasteiger partial charge in [-0.05, 0) is 13.8 Å². The molecule has 0 heterocycles. The van der Waals surface area contributed by atoms with E-state index in [-0.39, 0.29) is 6.61 Å². The largest absolute Gasteiger partial charge is 0.480 e. The number of carbonyl (C=O) groups is 1. The Morgan fingerprint density at radius 2 is 2.30 bits per heavy atom. The maximum atomic E-state index is 10.4. The van der Waals surface area contributed by atoms with Gasteiger partial charge in [0.2, 0.25) is 0 Å². The van der Waals surface area contributed by atoms with Crippen LogP contribution in [-0.4, -0.2) is 28.6 Å². The van der Waals surface area contributed by atoms with Crippen LogP contribution in [-0.2, 0) is 9.53 Å². The fraction of sp³-hybridized carbons (Fsp3) is 0.833. The molecule has 1 unspecified atom stereocenters. The third-order valence-electron chi connectivity index (χ3n) is 1.02. The first-order valence-electron chi connectivity index (χ1n) is 3.00. The molecule has 0 fully saturated rings. The Morgan fingerprint density at radius 3 is 2.60 bits per heavy atom. The molecule has 3 nitrogen and oxygen atoms in total. The molecule has 0 aromatic carbocycles. The molecule has 0 saturated carbocycles. The van der Waals surface area contributed by atoms with E-state index < -0.39 is 10.3 Å². The Labute approximate surface area is 68.5 Å². The second-order valence-corrected chi connectivity index (χ2v) is 3.89. The molecule has 0 aliphatic rings. The van der Waals surface area contributed by atoms with Crippen molar-refractivity contribution in [1.82, 2.24) is 0 Å². The van der Waals surface area contributed by atoms with Gasteiger partial charge in [0.15, 0.2) is 0 Å². The molecule has 0 aliphatic heterocycles. The molecule has 1 atom stereocenters. The zero-order valence-electron chi connectivity index (χ0n) is 6.06. The van der Waals surface area contributed by atoms with E-state index in [4.69, 9.17) is 9.84 Å². The second kappa shape index (κ2) is 3.93. The predicted octanol–water partition coefficient (Wildman–Crippen LogP) is 1.26. The standard InChI is InChI=1S/C6H11BrO3/c1-3-10-4-6(2,7)5(8)9/h3-4H2,1-2H3,(H,8,9). The highest BCUT2D eigenvalue weighted by molar-refractivity contribution is 9.10. The van der Waals surface area contributed by atoms with Gasteiger partial charge in [-0.2, -0.15) is 0 Å². The van der Waals surface area contributed by atoms with Gasteiger partial charge in [0.05, 0.1) is 6.61 Å². The molecule has 0 amide bonds. The summed E-state index contributed by atoms with van der Waals surface area (Å²) in [5, 5.41) is 8.54. The van der Waals surface area contributed by atoms with E-state index in [1.54, 1.807) is 6.92 Å². The Kier molecular flexibility index (Phi) is 3.89. The minimum atomic E-state index is -0.941. The van der Waals surface area contributed by atoms with E-state index >= 15 is 0 Å². The number of carboxylic acids is 1. The molecule has 0 radical (unpaired) electrons. The zero-order chi connectivity index (χ0) is 8.20. The summed E-state index contributed by atoms with van der Waals surface area (Å²) < 4.78 is 3.99. The summed E-state index contributed by atoms with van der Waals surface area (Å²) in [5.41, 5.74) is 0. The number of alkyl halides is 1. The highest BCUT2D eigenvalue weighted by Gasteiger charge is 2.29. The van der Waals surface area contributed by atoms with Crippen molar-refractivity contribution < 1.29 is 14.6 Å². The van der Waals surface area contributed by atoms with Crippen molar-refractivity contribution in [2.45, 2.75) is 18.2 Å². The van der Waals surface area contributed by atoms with Crippen LogP contribution in [0.1, 0.15) is 13.8 Å². The molecule has 10 heavy (non-hydrogen) atoms. The van der Waals surface area contributed by atoms with Gasteiger partial charge in [-0.1, -0.05) is 15.9 Å². The van der Waals surface area contributed by atoms with Crippen LogP contribution in [0.15, 0.2) is 0 Å². The first-order chi connectivity index (χ1) is 4.50. The van der Waals surface area contributed by atoms with Crippen molar-refractivity contribution in [3.05, 3.63) is 0 Å². The fourth-order valence-electron chi connectivity index (χ4n) is 0.355. The van der Waals surface area contributed by atoms with Crippen LogP contribution in [0, 0.1) is 0 Å². The predicted molar refractivity (Wildman–Crippen MR) is 41.5 cm³/mol. The highest BCUT2D eigenvalue weighted by atomic mass is 79.9. The van der Waals surface area contributed by atoms with Gasteiger partial charge in [0.1, 0.15) is 4.32 Å². The number of hydrogen-bond donors (Lipinski definition) is 1. The van der Waals surface area contributed by atoms with Gasteiger partial charge in [0, 0.05) is 6.61 Å². The quantitative estimate of drug-likeness (QED) is 0.712. The average molecular weight is 211 g/mol. The summed E-state index contributed by atoms with van der Waals surface area (Å²) in [4.78, 5) is 10.4. The van der Waals surface area contributed by atoms with E-state index in [2.05, 4.69) is 15.9 Å². The van der Waals surface area contributed by atoms with Crippen LogP contribution in [0.2, 0.25) is 0 Å². The van der Waals surface area contributed by atoms with Crippen LogP contribution in [0.5, 0.6) is 0 Å². The number of hydrogen-bond acceptors (Lipinski definition) is 2. The average Bonchev–Trinajstić information content (AvgIpc) is 1.84. The Hall–Kier alpha value is -0.0900. The molecule has 60 valence electrons. The van der Waals surface area contributed by atoms with Crippen molar-refractivity contribution in [3.8, 4) is 0 Å². The van der Waals surface area contributed by atoms with Gasteiger partial charge < -0.3 is 9.84 Å². The van der Waals surface area contributed by atoms with Gasteiger partial charge in [-0.3, -0.25) is 4.79 Å². The molecule has 0 rings (SSSR count). The van der Waals surface area contributed by atoms with Gasteiger partial charge in [-0.15, -0.1) is 0 Å². The molecule has 0 aromatic heterocycles. The van der Waals surface area contributed by atoms with E-state index in [0.29, 0.717) is 6.61 Å². The minimum absolute atomic E-state index is 0.193. The topological polar surface area (TPSA) is 46.5 Å². The van der Waals surface area contributed by atoms with Crippen molar-refractivity contribution >= 4 is 21.9 Å². The van der Waals surface area contributed by atoms with Crippen LogP contribution < -0.4 is 0 Å². The maximum Gasteiger partial charge on any atom is 0.322 e. The van der Waals surface area contributed by atoms with Crippen molar-refractivity contribution in [3.63, 3.8) is 0 Å². The highest BCUT2D eigenvalue weighted by Crippen LogP contribution is 2.17. The number of halogens is 1. The summed E-state index contributed by atoms with van der Waals surface area (Å²) in [6.45, 7) is 4.11. The van der Waals surface area contributed by atoms with E-state index in [0.717, 1.165) is 0 Å². The SMILES string of the molecule is CCOCC(C)(Br)C(=O)O. The Balaban J connectivity index is 3.75. The summed E-state index contributed by atoms with van der Waals surface area (Å²) in [5.74, 6) is -0.902. The lowest BCUT2D eigenvalue weighted by molar-refractivity contribution is -0.140.